The summed E-state index contributed by atoms with van der Waals surface area (Å²) in [5.41, 5.74) is 26.1. The van der Waals surface area contributed by atoms with Crippen molar-refractivity contribution in [3.8, 4) is 24.3 Å². The first-order valence-electron chi connectivity index (χ1n) is 36.7. The average Bonchev–Trinajstić information content (AvgIpc) is 1.35. The molecule has 0 atom stereocenters. The number of nitrogens with two attached hydrogens (primary N) is 2. The molecule has 0 unspecified atom stereocenters. The number of Topliss-reactive ketones (excluding diaryl/α,β-unsaturated/α-hetero) is 1. The zero-order valence-corrected chi connectivity index (χ0v) is 66.4. The Morgan fingerprint density at radius 3 is 1.41 bits per heavy atom. The molecular formula is C85H88BClN14NaO9S. The number of carbonyl (C=O) groups excluding carboxylic acids is 3. The summed E-state index contributed by atoms with van der Waals surface area (Å²) in [6.45, 7) is 11.4. The molecule has 6 aromatic heterocycles. The Bertz CT molecular complexity index is 5680. The van der Waals surface area contributed by atoms with Crippen molar-refractivity contribution in [1.82, 2.24) is 30.2 Å². The number of primary amides is 2. The molecule has 15 rings (SSSR count). The van der Waals surface area contributed by atoms with Gasteiger partial charge < -0.3 is 61.9 Å². The first kappa shape index (κ1) is 85.1. The Morgan fingerprint density at radius 2 is 0.964 bits per heavy atom. The van der Waals surface area contributed by atoms with Crippen LogP contribution in [0.2, 0.25) is 0 Å². The largest absolute Gasteiger partial charge is 1.00 e. The van der Waals surface area contributed by atoms with Gasteiger partial charge in [-0.25, -0.2) is 0 Å². The number of piperazine rings is 2. The van der Waals surface area contributed by atoms with Crippen LogP contribution in [0.15, 0.2) is 184 Å². The van der Waals surface area contributed by atoms with E-state index in [4.69, 9.17) is 62.2 Å². The number of hydrogen-bond acceptors (Lipinski definition) is 17. The van der Waals surface area contributed by atoms with Gasteiger partial charge in [-0.15, -0.1) is 11.6 Å². The molecule has 27 heteroatoms. The maximum atomic E-state index is 12.1. The van der Waals surface area contributed by atoms with Gasteiger partial charge in [-0.1, -0.05) is 17.7 Å². The van der Waals surface area contributed by atoms with Crippen molar-refractivity contribution in [2.75, 3.05) is 87.8 Å². The van der Waals surface area contributed by atoms with Gasteiger partial charge in [0.2, 0.25) is 0 Å². The summed E-state index contributed by atoms with van der Waals surface area (Å²) in [5, 5.41) is 53.9. The fourth-order valence-corrected chi connectivity index (χ4v) is 14.5. The number of aromatic nitrogens is 4. The molecule has 0 spiro atoms. The number of aromatic amines is 4. The number of nitrogens with zero attached hydrogens (tertiary/aromatic N) is 7. The zero-order chi connectivity index (χ0) is 77.5. The molecule has 2 saturated heterocycles. The third-order valence-corrected chi connectivity index (χ3v) is 21.1. The molecule has 2 aliphatic rings. The van der Waals surface area contributed by atoms with Crippen LogP contribution in [-0.2, 0) is 33.6 Å². The van der Waals surface area contributed by atoms with E-state index >= 15 is 0 Å². The van der Waals surface area contributed by atoms with E-state index in [1.807, 2.05) is 104 Å². The molecule has 3 radical (unpaired) electrons. The van der Waals surface area contributed by atoms with E-state index in [1.54, 1.807) is 60.8 Å². The Labute approximate surface area is 680 Å². The number of carbonyl (C=O) groups is 3. The summed E-state index contributed by atoms with van der Waals surface area (Å²) in [6, 6.07) is 52.9. The third-order valence-electron chi connectivity index (χ3n) is 19.5. The van der Waals surface area contributed by atoms with Crippen LogP contribution in [0.4, 0.5) is 11.4 Å². The van der Waals surface area contributed by atoms with E-state index in [0.717, 1.165) is 182 Å². The number of aryl methyl sites for hydroxylation is 4. The number of nitrogens with one attached hydrogen (secondary N) is 5. The summed E-state index contributed by atoms with van der Waals surface area (Å²) >= 11 is 5.57. The first-order valence-corrected chi connectivity index (χ1v) is 38.7. The van der Waals surface area contributed by atoms with Crippen LogP contribution in [-0.4, -0.2) is 142 Å². The number of halogens is 1. The van der Waals surface area contributed by atoms with Crippen molar-refractivity contribution in [2.45, 2.75) is 82.4 Å². The number of rotatable bonds is 24. The number of H-pyrrole nitrogens is 4. The quantitative estimate of drug-likeness (QED) is 0.00916. The maximum absolute atomic E-state index is 12.1. The summed E-state index contributed by atoms with van der Waals surface area (Å²) in [5.74, 6) is -0.121. The molecule has 2 amide bonds. The normalized spacial score (nSPS) is 12.7. The second-order valence-corrected chi connectivity index (χ2v) is 29.0. The standard InChI is InChI=1S/C26H27N5O2.C20H20N2O3S.C13H11ClN2O.C13H15N3O2.C13H14N2O.B.Na.H/c27-16-18-4-6-23-22(13-18)19(17-29-23)3-1-2-8-30-9-11-31(12-10-30)21-5-7-24-20(14-21)15-25(33-24)26(28)32;1-15-5-8-18(9-6-15)26(23,24)25-11-3-2-4-17-14-22-20-10-7-16(13-21)12-19(17)20;14-5-1-2-13(17)11-8-16-12-4-3-9(7-15)6-10(11)12;14-13(17)12-8-9-7-10(1-2-11(9)18-12)16-5-3-15-4-6-16;14-8-10-4-5-13-12(7-10)11(9-15-13)3-1-2-6-16;;;/h4-7,13-15,17,29H,1-3,8-12H2,(H2,28,32);5-10,12,14,22H,2-4,11H2,1H3;3-4,6,8,16H,1-2,5H2;1-2,7-8,15H,3-6H2,(H2,14,17);4-5,7,9,15-16H,1-3,6H2;;;/q;;;;;;+1;-1. The van der Waals surface area contributed by atoms with Gasteiger partial charge in [0.1, 0.15) is 11.2 Å². The van der Waals surface area contributed by atoms with E-state index in [0.29, 0.717) is 64.1 Å². The van der Waals surface area contributed by atoms with E-state index in [2.05, 4.69) is 76.5 Å². The number of hydrogen-bond donors (Lipinski definition) is 8. The summed E-state index contributed by atoms with van der Waals surface area (Å²) in [4.78, 5) is 54.5. The monoisotopic (exact) mass is 1550 g/mol. The molecule has 7 aromatic carbocycles. The molecule has 112 heavy (non-hydrogen) atoms. The molecule has 10 N–H and O–H groups in total. The van der Waals surface area contributed by atoms with Crippen molar-refractivity contribution >= 4 is 125 Å². The minimum atomic E-state index is -3.70. The molecule has 569 valence electrons. The van der Waals surface area contributed by atoms with Gasteiger partial charge in [0.05, 0.1) is 58.0 Å². The number of furan rings is 2. The Kier molecular flexibility index (Phi) is 31.5. The number of fused-ring (bicyclic) bond motifs is 6. The van der Waals surface area contributed by atoms with Gasteiger partial charge in [-0.2, -0.15) is 29.5 Å². The number of ketones is 1. The van der Waals surface area contributed by atoms with Gasteiger partial charge in [0.25, 0.3) is 21.9 Å². The topological polar surface area (TPSA) is 373 Å². The van der Waals surface area contributed by atoms with Crippen LogP contribution in [0.25, 0.3) is 65.6 Å². The third kappa shape index (κ3) is 22.4. The number of aliphatic hydroxyl groups is 1. The number of nitriles is 4. The van der Waals surface area contributed by atoms with Gasteiger partial charge >= 0.3 is 29.6 Å². The first-order chi connectivity index (χ1) is 53.4. The molecule has 8 heterocycles. The molecule has 13 aromatic rings. The molecular weight excluding hydrogens is 1460 g/mol. The van der Waals surface area contributed by atoms with Crippen molar-refractivity contribution < 1.29 is 71.9 Å². The zero-order valence-electron chi connectivity index (χ0n) is 63.8. The van der Waals surface area contributed by atoms with Crippen molar-refractivity contribution in [3.05, 3.63) is 232 Å². The van der Waals surface area contributed by atoms with Crippen LogP contribution in [0.3, 0.4) is 0 Å². The Balaban J connectivity index is 0.000000181. The minimum Gasteiger partial charge on any atom is -1.00 e. The van der Waals surface area contributed by atoms with E-state index in [1.165, 1.54) is 16.5 Å². The predicted molar refractivity (Wildman–Crippen MR) is 437 cm³/mol. The van der Waals surface area contributed by atoms with Crippen LogP contribution < -0.4 is 56.1 Å². The smallest absolute Gasteiger partial charge is 1.00 e. The molecule has 0 saturated carbocycles. The molecule has 2 aliphatic heterocycles. The Hall–Kier alpha value is -10.9. The van der Waals surface area contributed by atoms with Crippen molar-refractivity contribution in [1.29, 1.82) is 21.0 Å². The molecule has 0 bridgehead atoms. The van der Waals surface area contributed by atoms with Gasteiger partial charge in [0.15, 0.2) is 17.3 Å². The van der Waals surface area contributed by atoms with E-state index < -0.39 is 21.9 Å². The second-order valence-electron chi connectivity index (χ2n) is 27.0. The number of anilines is 2. The van der Waals surface area contributed by atoms with Gasteiger partial charge in [-0.05, 0) is 228 Å². The Morgan fingerprint density at radius 1 is 0.536 bits per heavy atom. The molecule has 23 nitrogen and oxygen atoms in total. The maximum Gasteiger partial charge on any atom is 1.00 e. The minimum absolute atomic E-state index is 0. The van der Waals surface area contributed by atoms with E-state index in [9.17, 15) is 22.8 Å². The van der Waals surface area contributed by atoms with Gasteiger partial charge in [-0.3, -0.25) is 23.5 Å². The number of amides is 2. The number of unbranched alkanes of at least 4 members (excludes halogenated alkanes) is 3. The second kappa shape index (κ2) is 41.4. The predicted octanol–water partition coefficient (Wildman–Crippen LogP) is 11.4. The number of alkyl halides is 1. The average molecular weight is 1550 g/mol. The van der Waals surface area contributed by atoms with Crippen LogP contribution >= 0.6 is 11.6 Å². The molecule has 0 aliphatic carbocycles. The number of aliphatic hydroxyl groups excluding tert-OH is 1. The van der Waals surface area contributed by atoms with Crippen LogP contribution in [0, 0.1) is 52.2 Å². The fraction of sp³-hybridized carbons (Fsp3) is 0.282. The molecule has 2 fully saturated rings. The number of benzene rings is 7. The van der Waals surface area contributed by atoms with Gasteiger partial charge in [0, 0.05) is 176 Å². The summed E-state index contributed by atoms with van der Waals surface area (Å²) in [7, 11) is -3.70. The van der Waals surface area contributed by atoms with E-state index in [-0.39, 0.29) is 74.8 Å². The SMILES string of the molecule is Cc1ccc(S(=O)(=O)OCCCCc2c[nH]c3ccc(C#N)cc23)cc1.N#Cc1ccc2[nH]cc(C(=O)CCCCl)c2c1.N#Cc1ccc2[nH]cc(CCCCN3CCN(c4ccc5oc(C(N)=O)cc5c4)CC3)c2c1.N#Cc1ccc2[nH]cc(CCCCO)c2c1.NC(=O)c1cc2cc(N3CCNCC3)ccc2o1.[B].[H-].[Na+]. The summed E-state index contributed by atoms with van der Waals surface area (Å²) < 4.78 is 40.2. The van der Waals surface area contributed by atoms with Crippen LogP contribution in [0.1, 0.15) is 129 Å². The van der Waals surface area contributed by atoms with Crippen molar-refractivity contribution in [3.63, 3.8) is 0 Å². The fourth-order valence-electron chi connectivity index (χ4n) is 13.4. The summed E-state index contributed by atoms with van der Waals surface area (Å²) in [6.07, 6.45) is 17.1. The van der Waals surface area contributed by atoms with Crippen molar-refractivity contribution in [2.24, 2.45) is 11.5 Å². The van der Waals surface area contributed by atoms with Crippen LogP contribution in [0.5, 0.6) is 0 Å².